The number of hydrogen-bond acceptors (Lipinski definition) is 4. The largest absolute Gasteiger partial charge is 0.434 e. The predicted molar refractivity (Wildman–Crippen MR) is 77.2 cm³/mol. The predicted octanol–water partition coefficient (Wildman–Crippen LogP) is 2.80. The summed E-state index contributed by atoms with van der Waals surface area (Å²) in [6.07, 6.45) is 3.30. The van der Waals surface area contributed by atoms with Gasteiger partial charge in [0.1, 0.15) is 11.6 Å². The number of anilines is 1. The zero-order valence-electron chi connectivity index (χ0n) is 11.9. The van der Waals surface area contributed by atoms with Crippen molar-refractivity contribution in [2.45, 2.75) is 6.61 Å². The zero-order valence-corrected chi connectivity index (χ0v) is 11.9. The third kappa shape index (κ3) is 2.98. The molecule has 0 unspecified atom stereocenters. The molecule has 23 heavy (non-hydrogen) atoms. The fourth-order valence-corrected chi connectivity index (χ4v) is 2.20. The van der Waals surface area contributed by atoms with Crippen LogP contribution >= 0.6 is 0 Å². The fourth-order valence-electron chi connectivity index (χ4n) is 2.20. The van der Waals surface area contributed by atoms with Gasteiger partial charge in [-0.1, -0.05) is 0 Å². The van der Waals surface area contributed by atoms with Crippen LogP contribution in [0.25, 0.3) is 22.5 Å². The van der Waals surface area contributed by atoms with Gasteiger partial charge in [-0.15, -0.1) is 0 Å². The van der Waals surface area contributed by atoms with Gasteiger partial charge in [0, 0.05) is 30.6 Å². The quantitative estimate of drug-likeness (QED) is 0.723. The first-order chi connectivity index (χ1) is 10.9. The minimum absolute atomic E-state index is 0.0195. The minimum atomic E-state index is -3.10. The summed E-state index contributed by atoms with van der Waals surface area (Å²) < 4.78 is 45.2. The number of nitrogens with one attached hydrogen (secondary N) is 1. The van der Waals surface area contributed by atoms with E-state index in [2.05, 4.69) is 20.0 Å². The van der Waals surface area contributed by atoms with E-state index in [4.69, 9.17) is 5.73 Å². The van der Waals surface area contributed by atoms with Gasteiger partial charge in [-0.3, -0.25) is 9.78 Å². The molecule has 1 aromatic carbocycles. The Hall–Kier alpha value is -2.97. The molecule has 0 amide bonds. The highest BCUT2D eigenvalue weighted by Gasteiger charge is 2.19. The molecule has 0 aliphatic carbocycles. The minimum Gasteiger partial charge on any atom is -0.434 e. The molecule has 2 aromatic heterocycles. The van der Waals surface area contributed by atoms with E-state index in [9.17, 15) is 13.2 Å². The Balaban J connectivity index is 2.06. The van der Waals surface area contributed by atoms with Gasteiger partial charge in [-0.2, -0.15) is 19.0 Å². The number of H-pyrrole nitrogens is 1. The first-order valence-corrected chi connectivity index (χ1v) is 6.52. The van der Waals surface area contributed by atoms with Crippen molar-refractivity contribution in [2.24, 2.45) is 7.05 Å². The normalized spacial score (nSPS) is 11.2. The highest BCUT2D eigenvalue weighted by atomic mass is 19.3. The SMILES string of the molecule is Cn1cc(-c2cc(-c3c(F)cc(N)cc3OC(F)F)[nH]n2)cn1. The molecule has 0 radical (unpaired) electrons. The molecule has 0 fully saturated rings. The van der Waals surface area contributed by atoms with Crippen molar-refractivity contribution in [3.05, 3.63) is 36.4 Å². The summed E-state index contributed by atoms with van der Waals surface area (Å²) in [7, 11) is 1.74. The molecule has 0 atom stereocenters. The molecule has 0 saturated heterocycles. The average molecular weight is 323 g/mol. The molecule has 120 valence electrons. The number of nitrogens with zero attached hydrogens (tertiary/aromatic N) is 3. The maximum atomic E-state index is 14.2. The van der Waals surface area contributed by atoms with E-state index < -0.39 is 12.4 Å². The maximum absolute atomic E-state index is 14.2. The molecule has 3 N–H and O–H groups in total. The summed E-state index contributed by atoms with van der Waals surface area (Å²) in [4.78, 5) is 0. The lowest BCUT2D eigenvalue weighted by Crippen LogP contribution is -2.05. The third-order valence-corrected chi connectivity index (χ3v) is 3.14. The third-order valence-electron chi connectivity index (χ3n) is 3.14. The molecule has 0 bridgehead atoms. The molecular weight excluding hydrogens is 311 g/mol. The van der Waals surface area contributed by atoms with Gasteiger partial charge >= 0.3 is 6.61 Å². The van der Waals surface area contributed by atoms with Crippen LogP contribution in [-0.4, -0.2) is 26.6 Å². The van der Waals surface area contributed by atoms with E-state index >= 15 is 0 Å². The number of nitrogen functional groups attached to an aromatic ring is 1. The Morgan fingerprint density at radius 2 is 2.09 bits per heavy atom. The summed E-state index contributed by atoms with van der Waals surface area (Å²) in [6, 6.07) is 3.68. The highest BCUT2D eigenvalue weighted by molar-refractivity contribution is 5.74. The van der Waals surface area contributed by atoms with Crippen LogP contribution in [0.1, 0.15) is 0 Å². The summed E-state index contributed by atoms with van der Waals surface area (Å²) in [5.74, 6) is -1.15. The second kappa shape index (κ2) is 5.67. The number of nitrogens with two attached hydrogens (primary N) is 1. The number of alkyl halides is 2. The number of rotatable bonds is 4. The van der Waals surface area contributed by atoms with Gasteiger partial charge < -0.3 is 10.5 Å². The van der Waals surface area contributed by atoms with Gasteiger partial charge in [0.25, 0.3) is 0 Å². The van der Waals surface area contributed by atoms with Gasteiger partial charge in [0.15, 0.2) is 0 Å². The lowest BCUT2D eigenvalue weighted by atomic mass is 10.1. The zero-order chi connectivity index (χ0) is 16.6. The fraction of sp³-hybridized carbons (Fsp3) is 0.143. The number of aryl methyl sites for hydroxylation is 1. The van der Waals surface area contributed by atoms with Crippen LogP contribution in [0, 0.1) is 5.82 Å². The van der Waals surface area contributed by atoms with E-state index in [1.807, 2.05) is 0 Å². The average Bonchev–Trinajstić information content (AvgIpc) is 3.06. The van der Waals surface area contributed by atoms with Crippen molar-refractivity contribution in [3.8, 4) is 28.3 Å². The molecule has 0 aliphatic rings. The molecule has 2 heterocycles. The Labute approximate surface area is 128 Å². The lowest BCUT2D eigenvalue weighted by molar-refractivity contribution is -0.0495. The summed E-state index contributed by atoms with van der Waals surface area (Å²) in [6.45, 7) is -3.10. The molecule has 0 spiro atoms. The van der Waals surface area contributed by atoms with Crippen LogP contribution in [0.4, 0.5) is 18.9 Å². The van der Waals surface area contributed by atoms with Crippen molar-refractivity contribution >= 4 is 5.69 Å². The smallest absolute Gasteiger partial charge is 0.387 e. The van der Waals surface area contributed by atoms with Crippen molar-refractivity contribution in [1.29, 1.82) is 0 Å². The van der Waals surface area contributed by atoms with Crippen molar-refractivity contribution in [3.63, 3.8) is 0 Å². The topological polar surface area (TPSA) is 81.8 Å². The highest BCUT2D eigenvalue weighted by Crippen LogP contribution is 2.36. The van der Waals surface area contributed by atoms with Crippen molar-refractivity contribution in [2.75, 3.05) is 5.73 Å². The molecular formula is C14H12F3N5O. The second-order valence-corrected chi connectivity index (χ2v) is 4.82. The second-order valence-electron chi connectivity index (χ2n) is 4.82. The van der Waals surface area contributed by atoms with Gasteiger partial charge in [-0.25, -0.2) is 4.39 Å². The van der Waals surface area contributed by atoms with Crippen LogP contribution in [-0.2, 0) is 7.05 Å². The van der Waals surface area contributed by atoms with Crippen LogP contribution in [0.15, 0.2) is 30.6 Å². The standard InChI is InChI=1S/C14H12F3N5O/c1-22-6-7(5-19-22)10-4-11(21-20-10)13-9(15)2-8(18)3-12(13)23-14(16)17/h2-6,14H,18H2,1H3,(H,20,21). The number of aromatic amines is 1. The number of halogens is 3. The van der Waals surface area contributed by atoms with Gasteiger partial charge in [0.05, 0.1) is 23.1 Å². The molecule has 3 rings (SSSR count). The molecule has 6 nitrogen and oxygen atoms in total. The van der Waals surface area contributed by atoms with Crippen LogP contribution in [0.3, 0.4) is 0 Å². The van der Waals surface area contributed by atoms with Gasteiger partial charge in [-0.05, 0) is 12.1 Å². The number of benzene rings is 1. The Morgan fingerprint density at radius 3 is 2.74 bits per heavy atom. The Bertz CT molecular complexity index is 843. The Morgan fingerprint density at radius 1 is 1.30 bits per heavy atom. The summed E-state index contributed by atoms with van der Waals surface area (Å²) in [5, 5.41) is 10.7. The van der Waals surface area contributed by atoms with Crippen molar-refractivity contribution < 1.29 is 17.9 Å². The van der Waals surface area contributed by atoms with Crippen LogP contribution in [0.5, 0.6) is 5.75 Å². The van der Waals surface area contributed by atoms with Crippen molar-refractivity contribution in [1.82, 2.24) is 20.0 Å². The monoisotopic (exact) mass is 323 g/mol. The summed E-state index contributed by atoms with van der Waals surface area (Å²) in [5.41, 5.74) is 6.68. The van der Waals surface area contributed by atoms with E-state index in [0.717, 1.165) is 12.1 Å². The number of aromatic nitrogens is 4. The lowest BCUT2D eigenvalue weighted by Gasteiger charge is -2.11. The first kappa shape index (κ1) is 14.9. The van der Waals surface area contributed by atoms with E-state index in [1.165, 1.54) is 6.07 Å². The number of hydrogen-bond donors (Lipinski definition) is 2. The van der Waals surface area contributed by atoms with E-state index in [0.29, 0.717) is 11.3 Å². The van der Waals surface area contributed by atoms with Gasteiger partial charge in [0.2, 0.25) is 0 Å². The number of ether oxygens (including phenoxy) is 1. The molecule has 3 aromatic rings. The molecule has 9 heteroatoms. The first-order valence-electron chi connectivity index (χ1n) is 6.52. The Kier molecular flexibility index (Phi) is 3.68. The molecule has 0 aliphatic heterocycles. The molecule has 0 saturated carbocycles. The van der Waals surface area contributed by atoms with E-state index in [1.54, 1.807) is 24.1 Å². The van der Waals surface area contributed by atoms with Crippen LogP contribution in [0.2, 0.25) is 0 Å². The van der Waals surface area contributed by atoms with E-state index in [-0.39, 0.29) is 22.7 Å². The maximum Gasteiger partial charge on any atom is 0.387 e. The summed E-state index contributed by atoms with van der Waals surface area (Å²) >= 11 is 0. The van der Waals surface area contributed by atoms with Crippen LogP contribution < -0.4 is 10.5 Å².